The first-order chi connectivity index (χ1) is 5.88. The lowest BCUT2D eigenvalue weighted by atomic mass is 10.2. The molecule has 1 radical (unpaired) electrons. The minimum absolute atomic E-state index is 0.317. The van der Waals surface area contributed by atoms with E-state index in [0.717, 1.165) is 0 Å². The summed E-state index contributed by atoms with van der Waals surface area (Å²) in [7, 11) is 0. The maximum atomic E-state index is 13.1. The third-order valence-electron chi connectivity index (χ3n) is 1.53. The van der Waals surface area contributed by atoms with E-state index in [-0.39, 0.29) is 5.82 Å². The first kappa shape index (κ1) is 7.03. The molecule has 12 heavy (non-hydrogen) atoms. The highest BCUT2D eigenvalue weighted by molar-refractivity contribution is 5.56. The van der Waals surface area contributed by atoms with E-state index in [0.29, 0.717) is 11.3 Å². The third kappa shape index (κ3) is 1.09. The molecule has 59 valence electrons. The Morgan fingerprint density at radius 2 is 2.17 bits per heavy atom. The second-order valence-corrected chi connectivity index (χ2v) is 2.30. The van der Waals surface area contributed by atoms with E-state index in [1.807, 2.05) is 0 Å². The van der Waals surface area contributed by atoms with Gasteiger partial charge < -0.3 is 4.42 Å². The normalized spacial score (nSPS) is 10.1. The Morgan fingerprint density at radius 1 is 1.33 bits per heavy atom. The largest absolute Gasteiger partial charge is 0.432 e. The number of hydrogen-bond donors (Lipinski definition) is 0. The standard InChI is InChI=1S/C9H5FNO/c10-8-4-2-1-3-7(8)9-5-11-6-12-9/h1-5H. The first-order valence-corrected chi connectivity index (χ1v) is 3.45. The minimum Gasteiger partial charge on any atom is -0.432 e. The van der Waals surface area contributed by atoms with Crippen LogP contribution in [0.5, 0.6) is 0 Å². The highest BCUT2D eigenvalue weighted by atomic mass is 19.1. The molecule has 0 atom stereocenters. The molecule has 0 amide bonds. The van der Waals surface area contributed by atoms with Gasteiger partial charge in [0.15, 0.2) is 5.76 Å². The van der Waals surface area contributed by atoms with E-state index in [2.05, 4.69) is 11.4 Å². The topological polar surface area (TPSA) is 26.0 Å². The predicted molar refractivity (Wildman–Crippen MR) is 40.7 cm³/mol. The molecular weight excluding hydrogens is 157 g/mol. The molecular formula is C9H5FNO. The molecule has 1 aromatic heterocycles. The summed E-state index contributed by atoms with van der Waals surface area (Å²) < 4.78 is 17.9. The molecule has 0 unspecified atom stereocenters. The third-order valence-corrected chi connectivity index (χ3v) is 1.53. The van der Waals surface area contributed by atoms with E-state index in [1.165, 1.54) is 12.3 Å². The highest BCUT2D eigenvalue weighted by Crippen LogP contribution is 2.20. The number of halogens is 1. The fourth-order valence-electron chi connectivity index (χ4n) is 0.972. The van der Waals surface area contributed by atoms with Crippen molar-refractivity contribution in [2.75, 3.05) is 0 Å². The van der Waals surface area contributed by atoms with Gasteiger partial charge >= 0.3 is 0 Å². The number of rotatable bonds is 1. The van der Waals surface area contributed by atoms with Crippen LogP contribution in [-0.4, -0.2) is 4.98 Å². The van der Waals surface area contributed by atoms with Crippen LogP contribution in [0.3, 0.4) is 0 Å². The number of oxazole rings is 1. The Hall–Kier alpha value is -1.64. The Bertz CT molecular complexity index is 370. The van der Waals surface area contributed by atoms with Gasteiger partial charge in [0.1, 0.15) is 5.82 Å². The molecule has 0 saturated carbocycles. The second-order valence-electron chi connectivity index (χ2n) is 2.30. The maximum Gasteiger partial charge on any atom is 0.284 e. The Labute approximate surface area is 68.7 Å². The molecule has 0 aliphatic heterocycles. The second kappa shape index (κ2) is 2.77. The first-order valence-electron chi connectivity index (χ1n) is 3.45. The molecule has 1 heterocycles. The Morgan fingerprint density at radius 3 is 2.83 bits per heavy atom. The Kier molecular flexibility index (Phi) is 1.63. The number of aromatic nitrogens is 1. The average Bonchev–Trinajstić information content (AvgIpc) is 2.57. The van der Waals surface area contributed by atoms with Crippen molar-refractivity contribution in [3.8, 4) is 11.3 Å². The van der Waals surface area contributed by atoms with E-state index in [9.17, 15) is 4.39 Å². The van der Waals surface area contributed by atoms with Gasteiger partial charge in [-0.3, -0.25) is 0 Å². The van der Waals surface area contributed by atoms with E-state index in [4.69, 9.17) is 4.42 Å². The zero-order chi connectivity index (χ0) is 8.39. The smallest absolute Gasteiger partial charge is 0.284 e. The van der Waals surface area contributed by atoms with Crippen molar-refractivity contribution in [1.29, 1.82) is 0 Å². The van der Waals surface area contributed by atoms with Crippen LogP contribution in [-0.2, 0) is 0 Å². The summed E-state index contributed by atoms with van der Waals surface area (Å²) in [6, 6.07) is 6.36. The van der Waals surface area contributed by atoms with E-state index < -0.39 is 0 Å². The molecule has 0 saturated heterocycles. The van der Waals surface area contributed by atoms with Gasteiger partial charge in [0.25, 0.3) is 6.39 Å². The molecule has 1 aromatic carbocycles. The van der Waals surface area contributed by atoms with Gasteiger partial charge in [0.05, 0.1) is 11.8 Å². The van der Waals surface area contributed by atoms with Crippen molar-refractivity contribution >= 4 is 0 Å². The van der Waals surface area contributed by atoms with E-state index in [1.54, 1.807) is 18.2 Å². The van der Waals surface area contributed by atoms with Gasteiger partial charge in [0.2, 0.25) is 0 Å². The van der Waals surface area contributed by atoms with Gasteiger partial charge in [-0.2, -0.15) is 0 Å². The van der Waals surface area contributed by atoms with Gasteiger partial charge in [-0.25, -0.2) is 9.37 Å². The summed E-state index contributed by atoms with van der Waals surface area (Å²) in [5, 5.41) is 0. The molecule has 0 aliphatic carbocycles. The zero-order valence-corrected chi connectivity index (χ0v) is 6.12. The molecule has 3 heteroatoms. The lowest BCUT2D eigenvalue weighted by Crippen LogP contribution is -1.79. The van der Waals surface area contributed by atoms with Gasteiger partial charge in [-0.15, -0.1) is 0 Å². The van der Waals surface area contributed by atoms with Crippen molar-refractivity contribution < 1.29 is 8.81 Å². The van der Waals surface area contributed by atoms with Crippen LogP contribution in [0, 0.1) is 12.2 Å². The summed E-state index contributed by atoms with van der Waals surface area (Å²) in [6.07, 6.45) is 3.69. The SMILES string of the molecule is Fc1ccccc1-c1cn[c]o1. The van der Waals surface area contributed by atoms with Crippen LogP contribution < -0.4 is 0 Å². The number of nitrogens with zero attached hydrogens (tertiary/aromatic N) is 1. The quantitative estimate of drug-likeness (QED) is 0.642. The van der Waals surface area contributed by atoms with Crippen molar-refractivity contribution in [3.05, 3.63) is 42.7 Å². The molecule has 0 aliphatic rings. The minimum atomic E-state index is -0.317. The van der Waals surface area contributed by atoms with Crippen molar-refractivity contribution in [2.45, 2.75) is 0 Å². The summed E-state index contributed by atoms with van der Waals surface area (Å²) in [4.78, 5) is 3.58. The fraction of sp³-hybridized carbons (Fsp3) is 0. The maximum absolute atomic E-state index is 13.1. The van der Waals surface area contributed by atoms with Crippen LogP contribution in [0.4, 0.5) is 4.39 Å². The highest BCUT2D eigenvalue weighted by Gasteiger charge is 2.05. The number of benzene rings is 1. The molecule has 2 aromatic rings. The lowest BCUT2D eigenvalue weighted by molar-refractivity contribution is 0.552. The van der Waals surface area contributed by atoms with Crippen LogP contribution in [0.1, 0.15) is 0 Å². The summed E-state index contributed by atoms with van der Waals surface area (Å²) in [5.41, 5.74) is 0.409. The summed E-state index contributed by atoms with van der Waals surface area (Å²) >= 11 is 0. The average molecular weight is 162 g/mol. The van der Waals surface area contributed by atoms with Gasteiger partial charge in [-0.1, -0.05) is 12.1 Å². The molecule has 2 rings (SSSR count). The summed E-state index contributed by atoms with van der Waals surface area (Å²) in [5.74, 6) is 0.0794. The zero-order valence-electron chi connectivity index (χ0n) is 6.12. The monoisotopic (exact) mass is 162 g/mol. The molecule has 2 nitrogen and oxygen atoms in total. The van der Waals surface area contributed by atoms with E-state index >= 15 is 0 Å². The van der Waals surface area contributed by atoms with Crippen LogP contribution in [0.2, 0.25) is 0 Å². The van der Waals surface area contributed by atoms with Crippen molar-refractivity contribution in [2.24, 2.45) is 0 Å². The lowest BCUT2D eigenvalue weighted by Gasteiger charge is -1.95. The van der Waals surface area contributed by atoms with Crippen LogP contribution in [0.15, 0.2) is 34.9 Å². The van der Waals surface area contributed by atoms with Gasteiger partial charge in [0, 0.05) is 0 Å². The molecule has 0 N–H and O–H groups in total. The summed E-state index contributed by atoms with van der Waals surface area (Å²) in [6.45, 7) is 0. The predicted octanol–water partition coefficient (Wildman–Crippen LogP) is 2.28. The van der Waals surface area contributed by atoms with Crippen molar-refractivity contribution in [1.82, 2.24) is 4.98 Å². The van der Waals surface area contributed by atoms with Crippen molar-refractivity contribution in [3.63, 3.8) is 0 Å². The molecule has 0 bridgehead atoms. The van der Waals surface area contributed by atoms with Crippen LogP contribution >= 0.6 is 0 Å². The Balaban J connectivity index is 2.55. The molecule has 0 fully saturated rings. The molecule has 0 spiro atoms. The van der Waals surface area contributed by atoms with Gasteiger partial charge in [-0.05, 0) is 12.1 Å². The van der Waals surface area contributed by atoms with Crippen LogP contribution in [0.25, 0.3) is 11.3 Å². The number of hydrogen-bond acceptors (Lipinski definition) is 2. The fourth-order valence-corrected chi connectivity index (χ4v) is 0.972.